The number of rotatable bonds is 5. The molecule has 96 valence electrons. The van der Waals surface area contributed by atoms with E-state index in [1.165, 1.54) is 25.9 Å². The first kappa shape index (κ1) is 13.9. The van der Waals surface area contributed by atoms with Gasteiger partial charge in [-0.15, -0.1) is 0 Å². The molecule has 1 heterocycles. The van der Waals surface area contributed by atoms with Crippen LogP contribution >= 0.6 is 0 Å². The number of ether oxygens (including phenoxy) is 1. The summed E-state index contributed by atoms with van der Waals surface area (Å²) in [4.78, 5) is 2.53. The molecule has 1 aliphatic heterocycles. The summed E-state index contributed by atoms with van der Waals surface area (Å²) in [5, 5.41) is 3.38. The van der Waals surface area contributed by atoms with E-state index in [1.54, 1.807) is 0 Å². The summed E-state index contributed by atoms with van der Waals surface area (Å²) in [5.74, 6) is 0. The van der Waals surface area contributed by atoms with E-state index in [0.29, 0.717) is 6.04 Å². The lowest BCUT2D eigenvalue weighted by Gasteiger charge is -2.33. The zero-order valence-electron chi connectivity index (χ0n) is 11.5. The standard InChI is InChI=1S/C13H28N2O/c1-11(16-13(2,3)4)12(14-5)10-15-8-6-7-9-15/h11-12,14H,6-10H2,1-5H3/t11-,12-/m1/s1. The topological polar surface area (TPSA) is 24.5 Å². The van der Waals surface area contributed by atoms with E-state index in [0.717, 1.165) is 6.54 Å². The minimum Gasteiger partial charge on any atom is -0.371 e. The van der Waals surface area contributed by atoms with Crippen LogP contribution in [-0.2, 0) is 4.74 Å². The second kappa shape index (κ2) is 5.99. The Morgan fingerprint density at radius 2 is 1.81 bits per heavy atom. The van der Waals surface area contributed by atoms with Gasteiger partial charge in [-0.1, -0.05) is 0 Å². The van der Waals surface area contributed by atoms with Crippen LogP contribution in [0.25, 0.3) is 0 Å². The van der Waals surface area contributed by atoms with Crippen molar-refractivity contribution in [3.05, 3.63) is 0 Å². The number of nitrogens with one attached hydrogen (secondary N) is 1. The average Bonchev–Trinajstić information content (AvgIpc) is 2.63. The molecule has 0 aliphatic carbocycles. The predicted molar refractivity (Wildman–Crippen MR) is 68.8 cm³/mol. The third-order valence-corrected chi connectivity index (χ3v) is 3.13. The highest BCUT2D eigenvalue weighted by molar-refractivity contribution is 4.80. The lowest BCUT2D eigenvalue weighted by atomic mass is 10.1. The summed E-state index contributed by atoms with van der Waals surface area (Å²) in [6.07, 6.45) is 2.96. The second-order valence-corrected chi connectivity index (χ2v) is 5.84. The van der Waals surface area contributed by atoms with Gasteiger partial charge in [-0.3, -0.25) is 0 Å². The van der Waals surface area contributed by atoms with E-state index in [1.807, 2.05) is 7.05 Å². The number of likely N-dealkylation sites (N-methyl/N-ethyl adjacent to an activating group) is 1. The van der Waals surface area contributed by atoms with Crippen molar-refractivity contribution >= 4 is 0 Å². The zero-order valence-corrected chi connectivity index (χ0v) is 11.5. The van der Waals surface area contributed by atoms with Crippen LogP contribution in [0.1, 0.15) is 40.5 Å². The smallest absolute Gasteiger partial charge is 0.0719 e. The summed E-state index contributed by atoms with van der Waals surface area (Å²) in [6, 6.07) is 0.428. The van der Waals surface area contributed by atoms with Gasteiger partial charge in [0, 0.05) is 12.6 Å². The number of nitrogens with zero attached hydrogens (tertiary/aromatic N) is 1. The van der Waals surface area contributed by atoms with Gasteiger partial charge in [0.25, 0.3) is 0 Å². The van der Waals surface area contributed by atoms with Crippen molar-refractivity contribution in [2.24, 2.45) is 0 Å². The SMILES string of the molecule is CN[C@H](CN1CCCC1)[C@@H](C)OC(C)(C)C. The van der Waals surface area contributed by atoms with Gasteiger partial charge in [0.15, 0.2) is 0 Å². The highest BCUT2D eigenvalue weighted by Gasteiger charge is 2.24. The normalized spacial score (nSPS) is 22.3. The quantitative estimate of drug-likeness (QED) is 0.777. The van der Waals surface area contributed by atoms with Crippen LogP contribution in [0.3, 0.4) is 0 Å². The van der Waals surface area contributed by atoms with E-state index < -0.39 is 0 Å². The molecule has 1 N–H and O–H groups in total. The Bertz CT molecular complexity index is 195. The molecule has 1 aliphatic rings. The fourth-order valence-corrected chi connectivity index (χ4v) is 2.36. The maximum absolute atomic E-state index is 6.01. The minimum absolute atomic E-state index is 0.0560. The first-order chi connectivity index (χ1) is 7.42. The molecule has 0 saturated carbocycles. The molecule has 16 heavy (non-hydrogen) atoms. The molecule has 0 radical (unpaired) electrons. The van der Waals surface area contributed by atoms with Gasteiger partial charge in [0.2, 0.25) is 0 Å². The summed E-state index contributed by atoms with van der Waals surface area (Å²) >= 11 is 0. The van der Waals surface area contributed by atoms with Gasteiger partial charge >= 0.3 is 0 Å². The maximum atomic E-state index is 6.01. The van der Waals surface area contributed by atoms with Crippen LogP contribution in [0.5, 0.6) is 0 Å². The number of hydrogen-bond donors (Lipinski definition) is 1. The molecule has 1 saturated heterocycles. The molecule has 0 aromatic rings. The Morgan fingerprint density at radius 3 is 2.25 bits per heavy atom. The molecule has 0 bridgehead atoms. The fourth-order valence-electron chi connectivity index (χ4n) is 2.36. The van der Waals surface area contributed by atoms with Crippen LogP contribution in [0.4, 0.5) is 0 Å². The third-order valence-electron chi connectivity index (χ3n) is 3.13. The molecule has 0 aromatic carbocycles. The molecule has 3 heteroatoms. The largest absolute Gasteiger partial charge is 0.371 e. The van der Waals surface area contributed by atoms with Crippen molar-refractivity contribution in [2.45, 2.75) is 58.3 Å². The highest BCUT2D eigenvalue weighted by atomic mass is 16.5. The number of likely N-dealkylation sites (tertiary alicyclic amines) is 1. The van der Waals surface area contributed by atoms with Crippen LogP contribution < -0.4 is 5.32 Å². The molecule has 2 atom stereocenters. The van der Waals surface area contributed by atoms with E-state index in [-0.39, 0.29) is 11.7 Å². The minimum atomic E-state index is -0.0560. The maximum Gasteiger partial charge on any atom is 0.0719 e. The van der Waals surface area contributed by atoms with Crippen LogP contribution in [0, 0.1) is 0 Å². The van der Waals surface area contributed by atoms with Gasteiger partial charge in [0.05, 0.1) is 11.7 Å². The second-order valence-electron chi connectivity index (χ2n) is 5.84. The Labute approximate surface area is 101 Å². The van der Waals surface area contributed by atoms with Gasteiger partial charge in [-0.05, 0) is 60.7 Å². The predicted octanol–water partition coefficient (Wildman–Crippen LogP) is 1.87. The Morgan fingerprint density at radius 1 is 1.25 bits per heavy atom. The van der Waals surface area contributed by atoms with Gasteiger partial charge in [-0.2, -0.15) is 0 Å². The van der Waals surface area contributed by atoms with Crippen molar-refractivity contribution in [2.75, 3.05) is 26.7 Å². The Kier molecular flexibility index (Phi) is 5.22. The molecular formula is C13H28N2O. The monoisotopic (exact) mass is 228 g/mol. The van der Waals surface area contributed by atoms with Crippen LogP contribution in [0.15, 0.2) is 0 Å². The molecule has 1 fully saturated rings. The van der Waals surface area contributed by atoms with Gasteiger partial charge in [-0.25, -0.2) is 0 Å². The molecule has 0 unspecified atom stereocenters. The molecule has 0 aromatic heterocycles. The van der Waals surface area contributed by atoms with Crippen LogP contribution in [-0.4, -0.2) is 49.3 Å². The van der Waals surface area contributed by atoms with E-state index in [9.17, 15) is 0 Å². The molecule has 0 amide bonds. The summed E-state index contributed by atoms with van der Waals surface area (Å²) in [7, 11) is 2.03. The molecule has 3 nitrogen and oxygen atoms in total. The first-order valence-electron chi connectivity index (χ1n) is 6.50. The van der Waals surface area contributed by atoms with Gasteiger partial charge < -0.3 is 15.0 Å². The lowest BCUT2D eigenvalue weighted by Crippen LogP contribution is -2.48. The van der Waals surface area contributed by atoms with Crippen molar-refractivity contribution in [1.82, 2.24) is 10.2 Å². The number of hydrogen-bond acceptors (Lipinski definition) is 3. The van der Waals surface area contributed by atoms with E-state index in [2.05, 4.69) is 37.9 Å². The summed E-state index contributed by atoms with van der Waals surface area (Å²) in [5.41, 5.74) is -0.0560. The molecular weight excluding hydrogens is 200 g/mol. The van der Waals surface area contributed by atoms with Crippen molar-refractivity contribution in [3.63, 3.8) is 0 Å². The van der Waals surface area contributed by atoms with Crippen molar-refractivity contribution in [1.29, 1.82) is 0 Å². The van der Waals surface area contributed by atoms with Crippen molar-refractivity contribution < 1.29 is 4.74 Å². The summed E-state index contributed by atoms with van der Waals surface area (Å²) in [6.45, 7) is 12.1. The first-order valence-corrected chi connectivity index (χ1v) is 6.50. The third kappa shape index (κ3) is 4.81. The van der Waals surface area contributed by atoms with Crippen LogP contribution in [0.2, 0.25) is 0 Å². The highest BCUT2D eigenvalue weighted by Crippen LogP contribution is 2.15. The van der Waals surface area contributed by atoms with Crippen molar-refractivity contribution in [3.8, 4) is 0 Å². The molecule has 0 spiro atoms. The fraction of sp³-hybridized carbons (Fsp3) is 1.00. The molecule has 1 rings (SSSR count). The van der Waals surface area contributed by atoms with Gasteiger partial charge in [0.1, 0.15) is 0 Å². The van der Waals surface area contributed by atoms with E-state index in [4.69, 9.17) is 4.74 Å². The summed E-state index contributed by atoms with van der Waals surface area (Å²) < 4.78 is 6.01. The average molecular weight is 228 g/mol. The zero-order chi connectivity index (χ0) is 12.2. The lowest BCUT2D eigenvalue weighted by molar-refractivity contribution is -0.0684. The van der Waals surface area contributed by atoms with E-state index >= 15 is 0 Å². The Hall–Kier alpha value is -0.120. The Balaban J connectivity index is 2.39.